The number of benzene rings is 1. The minimum atomic E-state index is 0.202. The number of nitrogens with zero attached hydrogens (tertiary/aromatic N) is 1. The van der Waals surface area contributed by atoms with Crippen LogP contribution >= 0.6 is 0 Å². The summed E-state index contributed by atoms with van der Waals surface area (Å²) in [5.74, 6) is 1.63. The average molecular weight is 264 g/mol. The molecule has 1 fully saturated rings. The minimum Gasteiger partial charge on any atom is -0.454 e. The molecule has 2 N–H and O–H groups in total. The first kappa shape index (κ1) is 12.7. The van der Waals surface area contributed by atoms with Crippen molar-refractivity contribution in [2.75, 3.05) is 33.1 Å². The Bertz CT molecular complexity index is 452. The van der Waals surface area contributed by atoms with Crippen molar-refractivity contribution in [1.82, 2.24) is 4.90 Å². The summed E-state index contributed by atoms with van der Waals surface area (Å²) in [5, 5.41) is 0. The van der Waals surface area contributed by atoms with Crippen molar-refractivity contribution in [1.29, 1.82) is 0 Å². The summed E-state index contributed by atoms with van der Waals surface area (Å²) in [5.41, 5.74) is 7.17. The Kier molecular flexibility index (Phi) is 3.59. The molecule has 0 spiro atoms. The average Bonchev–Trinajstić information content (AvgIpc) is 2.89. The third-order valence-electron chi connectivity index (χ3n) is 3.82. The Hall–Kier alpha value is -1.30. The van der Waals surface area contributed by atoms with Gasteiger partial charge in [-0.05, 0) is 24.6 Å². The topological polar surface area (TPSA) is 57.0 Å². The van der Waals surface area contributed by atoms with Gasteiger partial charge < -0.3 is 19.9 Å². The summed E-state index contributed by atoms with van der Waals surface area (Å²) in [4.78, 5) is 2.40. The van der Waals surface area contributed by atoms with E-state index in [1.807, 2.05) is 12.1 Å². The number of morpholine rings is 1. The minimum absolute atomic E-state index is 0.202. The summed E-state index contributed by atoms with van der Waals surface area (Å²) in [6.45, 7) is 5.52. The van der Waals surface area contributed by atoms with Crippen LogP contribution in [0.25, 0.3) is 0 Å². The first-order chi connectivity index (χ1) is 9.29. The lowest BCUT2D eigenvalue weighted by molar-refractivity contribution is -0.0209. The fourth-order valence-corrected chi connectivity index (χ4v) is 2.79. The van der Waals surface area contributed by atoms with E-state index < -0.39 is 0 Å². The molecular weight excluding hydrogens is 244 g/mol. The largest absolute Gasteiger partial charge is 0.454 e. The molecule has 5 nitrogen and oxygen atoms in total. The van der Waals surface area contributed by atoms with E-state index in [-0.39, 0.29) is 6.04 Å². The monoisotopic (exact) mass is 264 g/mol. The zero-order valence-corrected chi connectivity index (χ0v) is 11.2. The molecule has 0 bridgehead atoms. The number of hydrogen-bond acceptors (Lipinski definition) is 5. The van der Waals surface area contributed by atoms with Gasteiger partial charge in [-0.15, -0.1) is 0 Å². The SMILES string of the molecule is CC1COCCN1C(CN)c1ccc2c(c1)OCO2. The molecule has 0 aromatic heterocycles. The Balaban J connectivity index is 1.85. The Labute approximate surface area is 113 Å². The van der Waals surface area contributed by atoms with Crippen LogP contribution < -0.4 is 15.2 Å². The van der Waals surface area contributed by atoms with Gasteiger partial charge in [-0.2, -0.15) is 0 Å². The van der Waals surface area contributed by atoms with Gasteiger partial charge in [0.2, 0.25) is 6.79 Å². The Morgan fingerprint density at radius 3 is 3.00 bits per heavy atom. The molecular formula is C14H20N2O3. The summed E-state index contributed by atoms with van der Waals surface area (Å²) in [7, 11) is 0. The van der Waals surface area contributed by atoms with Gasteiger partial charge in [0.05, 0.1) is 13.2 Å². The molecule has 1 saturated heterocycles. The molecule has 5 heteroatoms. The zero-order chi connectivity index (χ0) is 13.2. The highest BCUT2D eigenvalue weighted by Gasteiger charge is 2.28. The van der Waals surface area contributed by atoms with E-state index in [4.69, 9.17) is 19.9 Å². The second-order valence-electron chi connectivity index (χ2n) is 5.03. The quantitative estimate of drug-likeness (QED) is 0.887. The van der Waals surface area contributed by atoms with Gasteiger partial charge in [-0.3, -0.25) is 4.90 Å². The Morgan fingerprint density at radius 2 is 2.21 bits per heavy atom. The van der Waals surface area contributed by atoms with Crippen molar-refractivity contribution in [3.8, 4) is 11.5 Å². The van der Waals surface area contributed by atoms with Gasteiger partial charge in [0.1, 0.15) is 0 Å². The smallest absolute Gasteiger partial charge is 0.231 e. The predicted molar refractivity (Wildman–Crippen MR) is 71.3 cm³/mol. The van der Waals surface area contributed by atoms with Crippen LogP contribution in [0.3, 0.4) is 0 Å². The highest BCUT2D eigenvalue weighted by molar-refractivity contribution is 5.45. The van der Waals surface area contributed by atoms with Crippen LogP contribution in [-0.4, -0.2) is 44.0 Å². The third-order valence-corrected chi connectivity index (χ3v) is 3.82. The maximum Gasteiger partial charge on any atom is 0.231 e. The second kappa shape index (κ2) is 5.36. The predicted octanol–water partition coefficient (Wildman–Crippen LogP) is 1.14. The molecule has 0 aliphatic carbocycles. The first-order valence-corrected chi connectivity index (χ1v) is 6.72. The van der Waals surface area contributed by atoms with E-state index in [2.05, 4.69) is 17.9 Å². The molecule has 2 aliphatic rings. The molecule has 2 atom stereocenters. The van der Waals surface area contributed by atoms with Crippen LogP contribution in [0, 0.1) is 0 Å². The molecule has 2 heterocycles. The first-order valence-electron chi connectivity index (χ1n) is 6.72. The number of ether oxygens (including phenoxy) is 3. The van der Waals surface area contributed by atoms with E-state index in [1.54, 1.807) is 0 Å². The van der Waals surface area contributed by atoms with Gasteiger partial charge in [-0.25, -0.2) is 0 Å². The van der Waals surface area contributed by atoms with Gasteiger partial charge in [0.25, 0.3) is 0 Å². The van der Waals surface area contributed by atoms with Crippen LogP contribution in [0.5, 0.6) is 11.5 Å². The molecule has 3 rings (SSSR count). The number of nitrogens with two attached hydrogens (primary N) is 1. The van der Waals surface area contributed by atoms with E-state index in [0.29, 0.717) is 19.4 Å². The van der Waals surface area contributed by atoms with Crippen molar-refractivity contribution in [2.24, 2.45) is 5.73 Å². The number of fused-ring (bicyclic) bond motifs is 1. The van der Waals surface area contributed by atoms with Gasteiger partial charge in [-0.1, -0.05) is 6.07 Å². The molecule has 0 amide bonds. The van der Waals surface area contributed by atoms with Crippen LogP contribution in [0.1, 0.15) is 18.5 Å². The number of rotatable bonds is 3. The molecule has 104 valence electrons. The van der Waals surface area contributed by atoms with Crippen LogP contribution in [0.2, 0.25) is 0 Å². The molecule has 0 radical (unpaired) electrons. The van der Waals surface area contributed by atoms with Crippen LogP contribution in [-0.2, 0) is 4.74 Å². The van der Waals surface area contributed by atoms with Gasteiger partial charge >= 0.3 is 0 Å². The lowest BCUT2D eigenvalue weighted by Gasteiger charge is -2.39. The fraction of sp³-hybridized carbons (Fsp3) is 0.571. The summed E-state index contributed by atoms with van der Waals surface area (Å²) < 4.78 is 16.3. The Morgan fingerprint density at radius 1 is 1.37 bits per heavy atom. The summed E-state index contributed by atoms with van der Waals surface area (Å²) in [6, 6.07) is 6.67. The van der Waals surface area contributed by atoms with Crippen molar-refractivity contribution in [2.45, 2.75) is 19.0 Å². The summed E-state index contributed by atoms with van der Waals surface area (Å²) in [6.07, 6.45) is 0. The fourth-order valence-electron chi connectivity index (χ4n) is 2.79. The van der Waals surface area contributed by atoms with Crippen LogP contribution in [0.4, 0.5) is 0 Å². The normalized spacial score (nSPS) is 24.4. The lowest BCUT2D eigenvalue weighted by atomic mass is 10.0. The van der Waals surface area contributed by atoms with Gasteiger partial charge in [0, 0.05) is 25.2 Å². The van der Waals surface area contributed by atoms with Crippen molar-refractivity contribution < 1.29 is 14.2 Å². The van der Waals surface area contributed by atoms with E-state index in [1.165, 1.54) is 5.56 Å². The van der Waals surface area contributed by atoms with Crippen molar-refractivity contribution >= 4 is 0 Å². The molecule has 0 saturated carbocycles. The number of hydrogen-bond donors (Lipinski definition) is 1. The third kappa shape index (κ3) is 2.41. The molecule has 19 heavy (non-hydrogen) atoms. The summed E-state index contributed by atoms with van der Waals surface area (Å²) >= 11 is 0. The standard InChI is InChI=1S/C14H20N2O3/c1-10-8-17-5-4-16(10)12(7-15)11-2-3-13-14(6-11)19-9-18-13/h2-3,6,10,12H,4-5,7-9,15H2,1H3. The van der Waals surface area contributed by atoms with E-state index >= 15 is 0 Å². The second-order valence-corrected chi connectivity index (χ2v) is 5.03. The maximum absolute atomic E-state index is 5.99. The van der Waals surface area contributed by atoms with E-state index in [0.717, 1.165) is 31.3 Å². The zero-order valence-electron chi connectivity index (χ0n) is 11.2. The highest BCUT2D eigenvalue weighted by atomic mass is 16.7. The maximum atomic E-state index is 5.99. The van der Waals surface area contributed by atoms with E-state index in [9.17, 15) is 0 Å². The molecule has 2 aliphatic heterocycles. The molecule has 2 unspecified atom stereocenters. The van der Waals surface area contributed by atoms with Crippen molar-refractivity contribution in [3.63, 3.8) is 0 Å². The lowest BCUT2D eigenvalue weighted by Crippen LogP contribution is -2.47. The molecule has 1 aromatic rings. The highest BCUT2D eigenvalue weighted by Crippen LogP contribution is 2.35. The van der Waals surface area contributed by atoms with Crippen molar-refractivity contribution in [3.05, 3.63) is 23.8 Å². The van der Waals surface area contributed by atoms with Gasteiger partial charge in [0.15, 0.2) is 11.5 Å². The van der Waals surface area contributed by atoms with Crippen LogP contribution in [0.15, 0.2) is 18.2 Å². The molecule has 1 aromatic carbocycles.